The highest BCUT2D eigenvalue weighted by Gasteiger charge is 2.16. The zero-order valence-corrected chi connectivity index (χ0v) is 19.1. The molecule has 4 aromatic rings. The van der Waals surface area contributed by atoms with Gasteiger partial charge < -0.3 is 10.2 Å². The van der Waals surface area contributed by atoms with Crippen molar-refractivity contribution in [2.75, 3.05) is 27.2 Å². The smallest absolute Gasteiger partial charge is 0.159 e. The molecule has 0 spiro atoms. The van der Waals surface area contributed by atoms with Gasteiger partial charge in [-0.25, -0.2) is 14.1 Å². The second kappa shape index (κ2) is 9.59. The number of nitrogens with zero attached hydrogens (tertiary/aromatic N) is 4. The molecule has 2 aromatic heterocycles. The van der Waals surface area contributed by atoms with Crippen LogP contribution < -0.4 is 5.32 Å². The molecule has 32 heavy (non-hydrogen) atoms. The molecule has 0 atom stereocenters. The molecule has 0 saturated heterocycles. The zero-order valence-electron chi connectivity index (χ0n) is 19.1. The van der Waals surface area contributed by atoms with E-state index in [1.807, 2.05) is 30.1 Å². The first-order valence-corrected chi connectivity index (χ1v) is 11.0. The van der Waals surface area contributed by atoms with E-state index < -0.39 is 0 Å². The second-order valence-corrected chi connectivity index (χ2v) is 8.52. The Bertz CT molecular complexity index is 1200. The molecule has 2 heterocycles. The van der Waals surface area contributed by atoms with Crippen molar-refractivity contribution in [3.05, 3.63) is 72.2 Å². The molecule has 0 aliphatic rings. The van der Waals surface area contributed by atoms with Crippen LogP contribution in [0.15, 0.2) is 60.8 Å². The van der Waals surface area contributed by atoms with E-state index in [2.05, 4.69) is 66.5 Å². The van der Waals surface area contributed by atoms with Gasteiger partial charge in [0.2, 0.25) is 0 Å². The van der Waals surface area contributed by atoms with Crippen molar-refractivity contribution in [1.82, 2.24) is 25.0 Å². The highest BCUT2D eigenvalue weighted by Crippen LogP contribution is 2.33. The third-order valence-corrected chi connectivity index (χ3v) is 5.63. The first-order chi connectivity index (χ1) is 15.5. The second-order valence-electron chi connectivity index (χ2n) is 8.52. The third kappa shape index (κ3) is 4.71. The number of hydrogen-bond donors (Lipinski definition) is 1. The van der Waals surface area contributed by atoms with E-state index in [9.17, 15) is 4.39 Å². The van der Waals surface area contributed by atoms with Gasteiger partial charge in [0.25, 0.3) is 0 Å². The standard InChI is InChI=1S/C26H30FN5/c1-18(2)32-26-24(16-29-32)23(20-8-10-22(27)11-9-20)15-25(30-26)21-7-5-6-19(14-21)17-31(4)13-12-28-3/h5-11,14-16,18,28H,12-13,17H2,1-4H3. The highest BCUT2D eigenvalue weighted by molar-refractivity contribution is 5.95. The Morgan fingerprint density at radius 2 is 1.84 bits per heavy atom. The minimum absolute atomic E-state index is 0.184. The maximum atomic E-state index is 13.6. The van der Waals surface area contributed by atoms with Gasteiger partial charge in [-0.15, -0.1) is 0 Å². The molecule has 0 bridgehead atoms. The predicted molar refractivity (Wildman–Crippen MR) is 129 cm³/mol. The molecular formula is C26H30FN5. The molecule has 0 unspecified atom stereocenters. The fraction of sp³-hybridized carbons (Fsp3) is 0.308. The maximum Gasteiger partial charge on any atom is 0.159 e. The molecule has 0 radical (unpaired) electrons. The Labute approximate surface area is 188 Å². The Morgan fingerprint density at radius 1 is 1.06 bits per heavy atom. The summed E-state index contributed by atoms with van der Waals surface area (Å²) in [5.41, 5.74) is 5.99. The Hall–Kier alpha value is -3.09. The largest absolute Gasteiger partial charge is 0.318 e. The summed E-state index contributed by atoms with van der Waals surface area (Å²) in [5.74, 6) is -0.243. The third-order valence-electron chi connectivity index (χ3n) is 5.63. The normalized spacial score (nSPS) is 11.7. The number of benzene rings is 2. The fourth-order valence-electron chi connectivity index (χ4n) is 3.93. The predicted octanol–water partition coefficient (Wildman–Crippen LogP) is 5.14. The average molecular weight is 432 g/mol. The van der Waals surface area contributed by atoms with Gasteiger partial charge in [0.05, 0.1) is 11.9 Å². The fourth-order valence-corrected chi connectivity index (χ4v) is 3.93. The molecule has 1 N–H and O–H groups in total. The van der Waals surface area contributed by atoms with Gasteiger partial charge in [0.15, 0.2) is 5.65 Å². The lowest BCUT2D eigenvalue weighted by molar-refractivity contribution is 0.328. The zero-order chi connectivity index (χ0) is 22.7. The first kappa shape index (κ1) is 22.1. The topological polar surface area (TPSA) is 46.0 Å². The van der Waals surface area contributed by atoms with Crippen molar-refractivity contribution >= 4 is 11.0 Å². The summed E-state index contributed by atoms with van der Waals surface area (Å²) in [6.45, 7) is 6.99. The van der Waals surface area contributed by atoms with Gasteiger partial charge in [-0.05, 0) is 68.9 Å². The molecule has 0 aliphatic heterocycles. The molecule has 166 valence electrons. The lowest BCUT2D eigenvalue weighted by atomic mass is 9.99. The van der Waals surface area contributed by atoms with Crippen LogP contribution in [0, 0.1) is 5.82 Å². The molecule has 0 fully saturated rings. The van der Waals surface area contributed by atoms with E-state index in [1.54, 1.807) is 0 Å². The number of fused-ring (bicyclic) bond motifs is 1. The van der Waals surface area contributed by atoms with E-state index in [0.29, 0.717) is 0 Å². The van der Waals surface area contributed by atoms with Crippen molar-refractivity contribution in [1.29, 1.82) is 0 Å². The highest BCUT2D eigenvalue weighted by atomic mass is 19.1. The van der Waals surface area contributed by atoms with Crippen LogP contribution in [0.4, 0.5) is 4.39 Å². The molecule has 0 amide bonds. The monoisotopic (exact) mass is 431 g/mol. The summed E-state index contributed by atoms with van der Waals surface area (Å²) >= 11 is 0. The molecule has 4 rings (SSSR count). The number of rotatable bonds is 8. The molecule has 2 aromatic carbocycles. The summed E-state index contributed by atoms with van der Waals surface area (Å²) in [6.07, 6.45) is 1.86. The number of hydrogen-bond acceptors (Lipinski definition) is 4. The van der Waals surface area contributed by atoms with Gasteiger partial charge in [-0.1, -0.05) is 30.3 Å². The summed E-state index contributed by atoms with van der Waals surface area (Å²) in [7, 11) is 4.10. The quantitative estimate of drug-likeness (QED) is 0.420. The Morgan fingerprint density at radius 3 is 2.56 bits per heavy atom. The van der Waals surface area contributed by atoms with E-state index >= 15 is 0 Å². The van der Waals surface area contributed by atoms with Gasteiger partial charge in [-0.2, -0.15) is 5.10 Å². The molecular weight excluding hydrogens is 401 g/mol. The number of likely N-dealkylation sites (N-methyl/N-ethyl adjacent to an activating group) is 2. The molecule has 0 aliphatic carbocycles. The van der Waals surface area contributed by atoms with Crippen LogP contribution in [0.1, 0.15) is 25.5 Å². The number of halogens is 1. The van der Waals surface area contributed by atoms with Crippen LogP contribution in [0.3, 0.4) is 0 Å². The maximum absolute atomic E-state index is 13.6. The minimum atomic E-state index is -0.243. The van der Waals surface area contributed by atoms with Crippen LogP contribution in [0.2, 0.25) is 0 Å². The summed E-state index contributed by atoms with van der Waals surface area (Å²) in [5, 5.41) is 8.75. The van der Waals surface area contributed by atoms with E-state index in [1.165, 1.54) is 17.7 Å². The summed E-state index contributed by atoms with van der Waals surface area (Å²) < 4.78 is 15.5. The molecule has 6 heteroatoms. The minimum Gasteiger partial charge on any atom is -0.318 e. The van der Waals surface area contributed by atoms with Crippen molar-refractivity contribution in [2.24, 2.45) is 0 Å². The van der Waals surface area contributed by atoms with Gasteiger partial charge in [0, 0.05) is 36.6 Å². The van der Waals surface area contributed by atoms with Crippen LogP contribution in [-0.2, 0) is 6.54 Å². The molecule has 0 saturated carbocycles. The number of aromatic nitrogens is 3. The summed E-state index contributed by atoms with van der Waals surface area (Å²) in [4.78, 5) is 7.30. The first-order valence-electron chi connectivity index (χ1n) is 11.0. The van der Waals surface area contributed by atoms with Crippen LogP contribution >= 0.6 is 0 Å². The Kier molecular flexibility index (Phi) is 6.63. The summed E-state index contributed by atoms with van der Waals surface area (Å²) in [6, 6.07) is 17.4. The van der Waals surface area contributed by atoms with Crippen molar-refractivity contribution in [2.45, 2.75) is 26.4 Å². The van der Waals surface area contributed by atoms with Crippen molar-refractivity contribution in [3.63, 3.8) is 0 Å². The van der Waals surface area contributed by atoms with Crippen molar-refractivity contribution < 1.29 is 4.39 Å². The van der Waals surface area contributed by atoms with Gasteiger partial charge >= 0.3 is 0 Å². The Balaban J connectivity index is 1.80. The lowest BCUT2D eigenvalue weighted by Crippen LogP contribution is -2.26. The van der Waals surface area contributed by atoms with Gasteiger partial charge in [-0.3, -0.25) is 0 Å². The van der Waals surface area contributed by atoms with E-state index in [-0.39, 0.29) is 11.9 Å². The SMILES string of the molecule is CNCCN(C)Cc1cccc(-c2cc(-c3ccc(F)cc3)c3cnn(C(C)C)c3n2)c1. The lowest BCUT2D eigenvalue weighted by Gasteiger charge is -2.17. The molecule has 5 nitrogen and oxygen atoms in total. The number of nitrogens with one attached hydrogen (secondary N) is 1. The van der Waals surface area contributed by atoms with E-state index in [0.717, 1.165) is 53.1 Å². The van der Waals surface area contributed by atoms with E-state index in [4.69, 9.17) is 4.98 Å². The average Bonchev–Trinajstić information content (AvgIpc) is 3.22. The number of pyridine rings is 1. The van der Waals surface area contributed by atoms with Crippen LogP contribution in [-0.4, -0.2) is 46.8 Å². The van der Waals surface area contributed by atoms with Crippen LogP contribution in [0.25, 0.3) is 33.4 Å². The van der Waals surface area contributed by atoms with Gasteiger partial charge in [0.1, 0.15) is 5.82 Å². The van der Waals surface area contributed by atoms with Crippen LogP contribution in [0.5, 0.6) is 0 Å². The van der Waals surface area contributed by atoms with Crippen molar-refractivity contribution in [3.8, 4) is 22.4 Å².